The van der Waals surface area contributed by atoms with Gasteiger partial charge in [0.15, 0.2) is 11.5 Å². The molecule has 2 rings (SSSR count). The average Bonchev–Trinajstić information content (AvgIpc) is 2.71. The Labute approximate surface area is 78.9 Å². The van der Waals surface area contributed by atoms with E-state index in [-0.39, 0.29) is 5.69 Å². The van der Waals surface area contributed by atoms with Crippen LogP contribution in [0.4, 0.5) is 0 Å². The molecule has 0 bridgehead atoms. The van der Waals surface area contributed by atoms with Crippen LogP contribution < -0.4 is 0 Å². The fraction of sp³-hybridized carbons (Fsp3) is 0. The summed E-state index contributed by atoms with van der Waals surface area (Å²) in [5, 5.41) is 8.58. The third kappa shape index (κ3) is 1.45. The largest absolute Gasteiger partial charge is 0.476 e. The molecule has 6 nitrogen and oxygen atoms in total. The molecule has 0 aliphatic carbocycles. The van der Waals surface area contributed by atoms with Gasteiger partial charge in [0.2, 0.25) is 0 Å². The number of rotatable bonds is 2. The monoisotopic (exact) mass is 190 g/mol. The zero-order valence-corrected chi connectivity index (χ0v) is 7.03. The van der Waals surface area contributed by atoms with Crippen LogP contribution in [0.2, 0.25) is 0 Å². The summed E-state index contributed by atoms with van der Waals surface area (Å²) in [7, 11) is 0. The Hall–Kier alpha value is -2.24. The van der Waals surface area contributed by atoms with E-state index in [0.29, 0.717) is 5.82 Å². The average molecular weight is 190 g/mol. The van der Waals surface area contributed by atoms with Gasteiger partial charge in [-0.05, 0) is 0 Å². The van der Waals surface area contributed by atoms with Crippen molar-refractivity contribution in [1.82, 2.24) is 19.5 Å². The van der Waals surface area contributed by atoms with Crippen LogP contribution in [0.3, 0.4) is 0 Å². The van der Waals surface area contributed by atoms with Gasteiger partial charge in [-0.3, -0.25) is 4.57 Å². The fourth-order valence-electron chi connectivity index (χ4n) is 0.960. The first-order chi connectivity index (χ1) is 6.77. The van der Waals surface area contributed by atoms with Gasteiger partial charge < -0.3 is 5.11 Å². The molecule has 1 N–H and O–H groups in total. The molecule has 0 amide bonds. The Bertz CT molecular complexity index is 435. The minimum Gasteiger partial charge on any atom is -0.476 e. The minimum atomic E-state index is -1.09. The smallest absolute Gasteiger partial charge is 0.356 e. The van der Waals surface area contributed by atoms with Crippen LogP contribution in [0.1, 0.15) is 10.5 Å². The van der Waals surface area contributed by atoms with Crippen LogP contribution in [0, 0.1) is 0 Å². The van der Waals surface area contributed by atoms with Gasteiger partial charge in [0.1, 0.15) is 6.33 Å². The summed E-state index contributed by atoms with van der Waals surface area (Å²) < 4.78 is 1.64. The van der Waals surface area contributed by atoms with Crippen molar-refractivity contribution < 1.29 is 9.90 Å². The van der Waals surface area contributed by atoms with Crippen LogP contribution in [-0.2, 0) is 0 Å². The Morgan fingerprint density at radius 1 is 1.36 bits per heavy atom. The Balaban J connectivity index is 2.36. The van der Waals surface area contributed by atoms with Gasteiger partial charge in [-0.2, -0.15) is 0 Å². The molecule has 0 aromatic carbocycles. The van der Waals surface area contributed by atoms with E-state index in [0.717, 1.165) is 0 Å². The number of carboxylic acid groups (broad SMARTS) is 1. The predicted molar refractivity (Wildman–Crippen MR) is 46.1 cm³/mol. The molecule has 6 heteroatoms. The lowest BCUT2D eigenvalue weighted by molar-refractivity contribution is 0.0690. The van der Waals surface area contributed by atoms with Crippen molar-refractivity contribution in [3.05, 3.63) is 36.8 Å². The van der Waals surface area contributed by atoms with Crippen LogP contribution in [0.25, 0.3) is 5.82 Å². The lowest BCUT2D eigenvalue weighted by atomic mass is 10.4. The van der Waals surface area contributed by atoms with E-state index in [2.05, 4.69) is 15.0 Å². The molecule has 70 valence electrons. The number of carbonyl (C=O) groups is 1. The molecule has 2 aromatic heterocycles. The van der Waals surface area contributed by atoms with Gasteiger partial charge >= 0.3 is 5.97 Å². The van der Waals surface area contributed by atoms with Gasteiger partial charge in [-0.25, -0.2) is 19.7 Å². The van der Waals surface area contributed by atoms with Gasteiger partial charge in [-0.1, -0.05) is 0 Å². The van der Waals surface area contributed by atoms with Crippen LogP contribution >= 0.6 is 0 Å². The number of hydrogen-bond acceptors (Lipinski definition) is 4. The molecule has 0 aliphatic rings. The molecule has 0 atom stereocenters. The van der Waals surface area contributed by atoms with E-state index in [1.165, 1.54) is 12.4 Å². The molecular weight excluding hydrogens is 184 g/mol. The van der Waals surface area contributed by atoms with Crippen LogP contribution in [0.5, 0.6) is 0 Å². The molecule has 0 radical (unpaired) electrons. The lowest BCUT2D eigenvalue weighted by Gasteiger charge is -1.99. The highest BCUT2D eigenvalue weighted by Crippen LogP contribution is 2.01. The maximum Gasteiger partial charge on any atom is 0.356 e. The van der Waals surface area contributed by atoms with E-state index >= 15 is 0 Å². The van der Waals surface area contributed by atoms with Crippen molar-refractivity contribution in [3.63, 3.8) is 0 Å². The topological polar surface area (TPSA) is 80.9 Å². The first-order valence-corrected chi connectivity index (χ1v) is 3.81. The highest BCUT2D eigenvalue weighted by molar-refractivity contribution is 5.84. The highest BCUT2D eigenvalue weighted by Gasteiger charge is 2.04. The number of imidazole rings is 1. The van der Waals surface area contributed by atoms with Crippen LogP contribution in [0.15, 0.2) is 31.1 Å². The van der Waals surface area contributed by atoms with Crippen molar-refractivity contribution in [2.24, 2.45) is 0 Å². The quantitative estimate of drug-likeness (QED) is 0.739. The summed E-state index contributed by atoms with van der Waals surface area (Å²) in [6.07, 6.45) is 7.45. The first-order valence-electron chi connectivity index (χ1n) is 3.81. The normalized spacial score (nSPS) is 10.0. The van der Waals surface area contributed by atoms with Crippen molar-refractivity contribution in [1.29, 1.82) is 0 Å². The third-order valence-electron chi connectivity index (χ3n) is 1.63. The molecule has 2 heterocycles. The molecule has 0 saturated heterocycles. The maximum absolute atomic E-state index is 10.5. The molecule has 0 fully saturated rings. The Morgan fingerprint density at radius 2 is 2.21 bits per heavy atom. The number of aromatic nitrogens is 4. The van der Waals surface area contributed by atoms with Crippen molar-refractivity contribution in [2.75, 3.05) is 0 Å². The van der Waals surface area contributed by atoms with Crippen molar-refractivity contribution in [3.8, 4) is 5.82 Å². The summed E-state index contributed by atoms with van der Waals surface area (Å²) in [4.78, 5) is 22.0. The van der Waals surface area contributed by atoms with E-state index in [1.54, 1.807) is 23.3 Å². The Kier molecular flexibility index (Phi) is 1.94. The minimum absolute atomic E-state index is 0.0751. The zero-order valence-electron chi connectivity index (χ0n) is 7.03. The third-order valence-corrected chi connectivity index (χ3v) is 1.63. The molecule has 0 saturated carbocycles. The predicted octanol–water partition coefficient (Wildman–Crippen LogP) is 0.360. The highest BCUT2D eigenvalue weighted by atomic mass is 16.4. The molecule has 2 aromatic rings. The second-order valence-electron chi connectivity index (χ2n) is 2.53. The summed E-state index contributed by atoms with van der Waals surface area (Å²) in [5.41, 5.74) is -0.0751. The van der Waals surface area contributed by atoms with Gasteiger partial charge in [0.25, 0.3) is 0 Å². The van der Waals surface area contributed by atoms with E-state index < -0.39 is 5.97 Å². The van der Waals surface area contributed by atoms with Crippen LogP contribution in [-0.4, -0.2) is 30.6 Å². The molecule has 0 aliphatic heterocycles. The van der Waals surface area contributed by atoms with E-state index in [4.69, 9.17) is 5.11 Å². The fourth-order valence-corrected chi connectivity index (χ4v) is 0.960. The summed E-state index contributed by atoms with van der Waals surface area (Å²) in [6.45, 7) is 0. The SMILES string of the molecule is O=C(O)c1cnc(-n2ccnc2)cn1. The Morgan fingerprint density at radius 3 is 2.71 bits per heavy atom. The number of hydrogen-bond donors (Lipinski definition) is 1. The number of carboxylic acids is 1. The maximum atomic E-state index is 10.5. The summed E-state index contributed by atoms with van der Waals surface area (Å²) in [5.74, 6) is -0.554. The molecule has 14 heavy (non-hydrogen) atoms. The number of nitrogens with zero attached hydrogens (tertiary/aromatic N) is 4. The van der Waals surface area contributed by atoms with E-state index in [9.17, 15) is 4.79 Å². The first kappa shape index (κ1) is 8.36. The molecule has 0 spiro atoms. The van der Waals surface area contributed by atoms with Gasteiger partial charge in [0, 0.05) is 12.4 Å². The zero-order chi connectivity index (χ0) is 9.97. The van der Waals surface area contributed by atoms with Crippen molar-refractivity contribution in [2.45, 2.75) is 0 Å². The standard InChI is InChI=1S/C8H6N4O2/c13-8(14)6-3-11-7(4-10-6)12-2-1-9-5-12/h1-5H,(H,13,14). The molecule has 0 unspecified atom stereocenters. The summed E-state index contributed by atoms with van der Waals surface area (Å²) >= 11 is 0. The lowest BCUT2D eigenvalue weighted by Crippen LogP contribution is -2.03. The summed E-state index contributed by atoms with van der Waals surface area (Å²) in [6, 6.07) is 0. The number of aromatic carboxylic acids is 1. The molecular formula is C8H6N4O2. The second kappa shape index (κ2) is 3.25. The van der Waals surface area contributed by atoms with E-state index in [1.807, 2.05) is 0 Å². The van der Waals surface area contributed by atoms with Crippen molar-refractivity contribution >= 4 is 5.97 Å². The second-order valence-corrected chi connectivity index (χ2v) is 2.53. The van der Waals surface area contributed by atoms with Gasteiger partial charge in [-0.15, -0.1) is 0 Å². The van der Waals surface area contributed by atoms with Gasteiger partial charge in [0.05, 0.1) is 12.4 Å².